The minimum Gasteiger partial charge on any atom is -0.508 e. The van der Waals surface area contributed by atoms with Gasteiger partial charge >= 0.3 is 0 Å². The molecular weight excluding hydrogens is 360 g/mol. The summed E-state index contributed by atoms with van der Waals surface area (Å²) in [5.41, 5.74) is 6.14. The number of aromatic hydroxyl groups is 3. The standard InChI is InChI=1S/C26H38O3/c1-19(2)9-6-10-20(3)11-7-12-21(4)13-8-14-22(5)15-16-23-17-25(28)26(29)18-24(23)27/h9,11,13,15,17-18,27-29H,6-8,10,12,14,16H2,1-5H3. The quantitative estimate of drug-likeness (QED) is 0.205. The highest BCUT2D eigenvalue weighted by molar-refractivity contribution is 5.49. The van der Waals surface area contributed by atoms with E-state index in [0.717, 1.165) is 38.5 Å². The molecule has 1 aromatic carbocycles. The number of rotatable bonds is 11. The lowest BCUT2D eigenvalue weighted by molar-refractivity contribution is 0.395. The first-order chi connectivity index (χ1) is 13.7. The maximum atomic E-state index is 9.85. The van der Waals surface area contributed by atoms with Gasteiger partial charge in [-0.05, 0) is 85.6 Å². The maximum Gasteiger partial charge on any atom is 0.161 e. The third-order valence-corrected chi connectivity index (χ3v) is 5.00. The molecule has 0 unspecified atom stereocenters. The van der Waals surface area contributed by atoms with Gasteiger partial charge in [-0.3, -0.25) is 0 Å². The van der Waals surface area contributed by atoms with Crippen LogP contribution in [-0.4, -0.2) is 15.3 Å². The molecule has 0 aliphatic heterocycles. The number of allylic oxidation sites excluding steroid dienone is 8. The number of phenols is 3. The number of phenolic OH excluding ortho intramolecular Hbond substituents is 3. The van der Waals surface area contributed by atoms with Gasteiger partial charge in [-0.1, -0.05) is 46.6 Å². The summed E-state index contributed by atoms with van der Waals surface area (Å²) in [4.78, 5) is 0. The van der Waals surface area contributed by atoms with E-state index in [1.165, 1.54) is 34.4 Å². The minimum absolute atomic E-state index is 0.00397. The molecule has 0 aliphatic rings. The Labute approximate surface area is 176 Å². The molecule has 3 heteroatoms. The van der Waals surface area contributed by atoms with Gasteiger partial charge in [-0.15, -0.1) is 0 Å². The second-order valence-corrected chi connectivity index (χ2v) is 8.22. The van der Waals surface area contributed by atoms with Crippen molar-refractivity contribution in [2.45, 2.75) is 79.6 Å². The van der Waals surface area contributed by atoms with Gasteiger partial charge in [-0.2, -0.15) is 0 Å². The predicted molar refractivity (Wildman–Crippen MR) is 124 cm³/mol. The third kappa shape index (κ3) is 10.6. The third-order valence-electron chi connectivity index (χ3n) is 5.00. The van der Waals surface area contributed by atoms with Gasteiger partial charge in [0.25, 0.3) is 0 Å². The van der Waals surface area contributed by atoms with Crippen LogP contribution in [0.2, 0.25) is 0 Å². The van der Waals surface area contributed by atoms with E-state index in [0.29, 0.717) is 12.0 Å². The first-order valence-electron chi connectivity index (χ1n) is 10.5. The SMILES string of the molecule is CC(C)=CCCC(C)=CCCC(C)=CCCC(C)=CCc1cc(O)c(O)cc1O. The second-order valence-electron chi connectivity index (χ2n) is 8.22. The fourth-order valence-corrected chi connectivity index (χ4v) is 3.04. The Kier molecular flexibility index (Phi) is 11.0. The Morgan fingerprint density at radius 3 is 1.59 bits per heavy atom. The van der Waals surface area contributed by atoms with E-state index in [1.807, 2.05) is 0 Å². The van der Waals surface area contributed by atoms with Crippen LogP contribution in [0.1, 0.15) is 78.7 Å². The Balaban J connectivity index is 2.39. The Hall–Kier alpha value is -2.42. The summed E-state index contributed by atoms with van der Waals surface area (Å²) >= 11 is 0. The van der Waals surface area contributed by atoms with E-state index in [-0.39, 0.29) is 17.2 Å². The minimum atomic E-state index is -0.300. The molecule has 3 nitrogen and oxygen atoms in total. The molecule has 1 aromatic rings. The van der Waals surface area contributed by atoms with Crippen LogP contribution in [0.3, 0.4) is 0 Å². The summed E-state index contributed by atoms with van der Waals surface area (Å²) in [5, 5.41) is 28.8. The average molecular weight is 399 g/mol. The average Bonchev–Trinajstić information content (AvgIpc) is 2.63. The van der Waals surface area contributed by atoms with Gasteiger partial charge in [0.05, 0.1) is 0 Å². The van der Waals surface area contributed by atoms with Crippen LogP contribution in [0.15, 0.2) is 58.7 Å². The highest BCUT2D eigenvalue weighted by atomic mass is 16.3. The molecule has 0 spiro atoms. The van der Waals surface area contributed by atoms with Gasteiger partial charge in [0.15, 0.2) is 11.5 Å². The first-order valence-corrected chi connectivity index (χ1v) is 10.5. The molecule has 0 aromatic heterocycles. The van der Waals surface area contributed by atoms with Crippen molar-refractivity contribution in [2.24, 2.45) is 0 Å². The molecule has 0 aliphatic carbocycles. The molecule has 160 valence electrons. The Morgan fingerprint density at radius 1 is 0.621 bits per heavy atom. The summed E-state index contributed by atoms with van der Waals surface area (Å²) in [6.07, 6.45) is 16.0. The van der Waals surface area contributed by atoms with Crippen LogP contribution in [0, 0.1) is 0 Å². The van der Waals surface area contributed by atoms with Gasteiger partial charge in [0, 0.05) is 11.6 Å². The topological polar surface area (TPSA) is 60.7 Å². The van der Waals surface area contributed by atoms with Crippen molar-refractivity contribution in [3.63, 3.8) is 0 Å². The van der Waals surface area contributed by atoms with Crippen LogP contribution in [-0.2, 0) is 6.42 Å². The second kappa shape index (κ2) is 12.9. The van der Waals surface area contributed by atoms with Gasteiger partial charge in [-0.25, -0.2) is 0 Å². The van der Waals surface area contributed by atoms with Crippen molar-refractivity contribution >= 4 is 0 Å². The fourth-order valence-electron chi connectivity index (χ4n) is 3.04. The lowest BCUT2D eigenvalue weighted by atomic mass is 10.0. The molecule has 0 bridgehead atoms. The summed E-state index contributed by atoms with van der Waals surface area (Å²) in [5.74, 6) is -0.501. The van der Waals surface area contributed by atoms with Gasteiger partial charge < -0.3 is 15.3 Å². The van der Waals surface area contributed by atoms with Gasteiger partial charge in [0.2, 0.25) is 0 Å². The molecule has 0 amide bonds. The zero-order chi connectivity index (χ0) is 21.8. The summed E-state index contributed by atoms with van der Waals surface area (Å²) in [6.45, 7) is 10.8. The lowest BCUT2D eigenvalue weighted by Gasteiger charge is -2.06. The van der Waals surface area contributed by atoms with E-state index >= 15 is 0 Å². The van der Waals surface area contributed by atoms with Crippen LogP contribution in [0.25, 0.3) is 0 Å². The van der Waals surface area contributed by atoms with Crippen LogP contribution in [0.4, 0.5) is 0 Å². The molecule has 3 N–H and O–H groups in total. The largest absolute Gasteiger partial charge is 0.508 e. The van der Waals surface area contributed by atoms with E-state index in [2.05, 4.69) is 58.9 Å². The number of benzene rings is 1. The zero-order valence-electron chi connectivity index (χ0n) is 18.8. The summed E-state index contributed by atoms with van der Waals surface area (Å²) in [7, 11) is 0. The molecule has 0 fully saturated rings. The monoisotopic (exact) mass is 398 g/mol. The molecular formula is C26H38O3. The van der Waals surface area contributed by atoms with Crippen molar-refractivity contribution in [1.82, 2.24) is 0 Å². The highest BCUT2D eigenvalue weighted by Crippen LogP contribution is 2.32. The maximum absolute atomic E-state index is 9.85. The van der Waals surface area contributed by atoms with E-state index < -0.39 is 0 Å². The zero-order valence-corrected chi connectivity index (χ0v) is 18.8. The van der Waals surface area contributed by atoms with Crippen molar-refractivity contribution in [3.05, 3.63) is 64.3 Å². The molecule has 0 radical (unpaired) electrons. The van der Waals surface area contributed by atoms with Gasteiger partial charge in [0.1, 0.15) is 5.75 Å². The lowest BCUT2D eigenvalue weighted by Crippen LogP contribution is -1.86. The molecule has 0 heterocycles. The van der Waals surface area contributed by atoms with E-state index in [9.17, 15) is 15.3 Å². The molecule has 0 saturated carbocycles. The van der Waals surface area contributed by atoms with Crippen LogP contribution in [0.5, 0.6) is 17.2 Å². The summed E-state index contributed by atoms with van der Waals surface area (Å²) in [6, 6.07) is 2.59. The normalized spacial score (nSPS) is 12.9. The molecule has 0 saturated heterocycles. The molecule has 29 heavy (non-hydrogen) atoms. The smallest absolute Gasteiger partial charge is 0.161 e. The first kappa shape index (κ1) is 24.6. The fraction of sp³-hybridized carbons (Fsp3) is 0.462. The molecule has 0 atom stereocenters. The van der Waals surface area contributed by atoms with Crippen molar-refractivity contribution in [2.75, 3.05) is 0 Å². The van der Waals surface area contributed by atoms with Crippen LogP contribution >= 0.6 is 0 Å². The van der Waals surface area contributed by atoms with E-state index in [1.54, 1.807) is 0 Å². The number of hydrogen-bond donors (Lipinski definition) is 3. The van der Waals surface area contributed by atoms with Crippen molar-refractivity contribution in [3.8, 4) is 17.2 Å². The van der Waals surface area contributed by atoms with Crippen molar-refractivity contribution in [1.29, 1.82) is 0 Å². The highest BCUT2D eigenvalue weighted by Gasteiger charge is 2.06. The molecule has 1 rings (SSSR count). The summed E-state index contributed by atoms with van der Waals surface area (Å²) < 4.78 is 0. The predicted octanol–water partition coefficient (Wildman–Crippen LogP) is 7.49. The van der Waals surface area contributed by atoms with Crippen molar-refractivity contribution < 1.29 is 15.3 Å². The number of hydrogen-bond acceptors (Lipinski definition) is 3. The van der Waals surface area contributed by atoms with Crippen LogP contribution < -0.4 is 0 Å². The Bertz CT molecular complexity index is 775. The van der Waals surface area contributed by atoms with E-state index in [4.69, 9.17) is 0 Å². The Morgan fingerprint density at radius 2 is 1.07 bits per heavy atom.